The van der Waals surface area contributed by atoms with Crippen molar-refractivity contribution in [2.75, 3.05) is 20.8 Å². The van der Waals surface area contributed by atoms with E-state index in [0.29, 0.717) is 28.6 Å². The Kier molecular flexibility index (Phi) is 6.40. The van der Waals surface area contributed by atoms with Gasteiger partial charge in [0.25, 0.3) is 5.91 Å². The molecule has 0 radical (unpaired) electrons. The van der Waals surface area contributed by atoms with E-state index in [-0.39, 0.29) is 23.6 Å². The van der Waals surface area contributed by atoms with E-state index < -0.39 is 5.97 Å². The number of nitrogens with zero attached hydrogens (tertiary/aromatic N) is 4. The van der Waals surface area contributed by atoms with E-state index in [9.17, 15) is 9.59 Å². The summed E-state index contributed by atoms with van der Waals surface area (Å²) in [5, 5.41) is 10.8. The van der Waals surface area contributed by atoms with Gasteiger partial charge in [-0.2, -0.15) is 10.2 Å². The van der Waals surface area contributed by atoms with Crippen LogP contribution in [0.25, 0.3) is 5.00 Å². The van der Waals surface area contributed by atoms with Crippen LogP contribution in [0.5, 0.6) is 11.5 Å². The summed E-state index contributed by atoms with van der Waals surface area (Å²) >= 11 is 1.41. The van der Waals surface area contributed by atoms with Gasteiger partial charge >= 0.3 is 5.97 Å². The minimum atomic E-state index is -0.538. The van der Waals surface area contributed by atoms with E-state index in [4.69, 9.17) is 14.2 Å². The number of thiophene rings is 1. The summed E-state index contributed by atoms with van der Waals surface area (Å²) in [7, 11) is 2.80. The molecule has 1 fully saturated rings. The summed E-state index contributed by atoms with van der Waals surface area (Å²) in [6.07, 6.45) is 4.39. The topological polar surface area (TPSA) is 95.8 Å². The molecule has 1 aliphatic heterocycles. The van der Waals surface area contributed by atoms with Gasteiger partial charge in [0.1, 0.15) is 23.2 Å². The Morgan fingerprint density at radius 1 is 1.09 bits per heavy atom. The molecule has 0 saturated carbocycles. The maximum absolute atomic E-state index is 13.4. The summed E-state index contributed by atoms with van der Waals surface area (Å²) in [5.41, 5.74) is 0.786. The van der Waals surface area contributed by atoms with Gasteiger partial charge in [-0.25, -0.2) is 4.79 Å². The number of hydrogen-bond donors (Lipinski definition) is 0. The van der Waals surface area contributed by atoms with Crippen LogP contribution < -0.4 is 9.47 Å². The number of carbonyl (C=O) groups is 2. The monoisotopic (exact) mass is 456 g/mol. The molecule has 1 aliphatic rings. The molecule has 32 heavy (non-hydrogen) atoms. The molecule has 3 aromatic rings. The van der Waals surface area contributed by atoms with Gasteiger partial charge < -0.3 is 19.1 Å². The first-order chi connectivity index (χ1) is 15.5. The molecular weight excluding hydrogens is 432 g/mol. The number of aromatic nitrogens is 3. The number of piperidine rings is 1. The smallest absolute Gasteiger partial charge is 0.345 e. The van der Waals surface area contributed by atoms with Crippen molar-refractivity contribution in [3.05, 3.63) is 53.2 Å². The highest BCUT2D eigenvalue weighted by Gasteiger charge is 2.33. The van der Waals surface area contributed by atoms with Gasteiger partial charge in [-0.05, 0) is 43.3 Å². The molecule has 168 valence electrons. The normalized spacial score (nSPS) is 18.3. The average Bonchev–Trinajstić information content (AvgIpc) is 3.51. The lowest BCUT2D eigenvalue weighted by atomic mass is 10.00. The predicted octanol–water partition coefficient (Wildman–Crippen LogP) is 3.20. The predicted molar refractivity (Wildman–Crippen MR) is 118 cm³/mol. The Balaban J connectivity index is 1.56. The van der Waals surface area contributed by atoms with Crippen LogP contribution in [-0.2, 0) is 4.74 Å². The summed E-state index contributed by atoms with van der Waals surface area (Å²) in [6, 6.07) is 6.98. The van der Waals surface area contributed by atoms with Crippen molar-refractivity contribution in [2.45, 2.75) is 31.9 Å². The second kappa shape index (κ2) is 9.39. The van der Waals surface area contributed by atoms with Crippen LogP contribution >= 0.6 is 11.3 Å². The molecule has 2 aromatic heterocycles. The SMILES string of the molecule is COC(=O)c1c(OC)cccc1O[C@@H]1CC[C@@H](C)N(C(=O)c2ccsc2-n2nccn2)C1. The summed E-state index contributed by atoms with van der Waals surface area (Å²) in [4.78, 5) is 29.0. The number of hydrogen-bond acceptors (Lipinski definition) is 8. The highest BCUT2D eigenvalue weighted by atomic mass is 32.1. The molecule has 9 nitrogen and oxygen atoms in total. The molecule has 3 heterocycles. The second-order valence-electron chi connectivity index (χ2n) is 7.41. The lowest BCUT2D eigenvalue weighted by Gasteiger charge is -2.38. The zero-order chi connectivity index (χ0) is 22.7. The van der Waals surface area contributed by atoms with E-state index in [2.05, 4.69) is 10.2 Å². The first kappa shape index (κ1) is 21.8. The fraction of sp³-hybridized carbons (Fsp3) is 0.364. The molecule has 2 atom stereocenters. The fourth-order valence-electron chi connectivity index (χ4n) is 3.81. The minimum Gasteiger partial charge on any atom is -0.496 e. The zero-order valence-corrected chi connectivity index (χ0v) is 18.9. The molecule has 0 aliphatic carbocycles. The van der Waals surface area contributed by atoms with Gasteiger partial charge in [0.05, 0.1) is 38.7 Å². The maximum Gasteiger partial charge on any atom is 0.345 e. The van der Waals surface area contributed by atoms with E-state index in [0.717, 1.165) is 12.8 Å². The van der Waals surface area contributed by atoms with E-state index >= 15 is 0 Å². The van der Waals surface area contributed by atoms with Crippen LogP contribution in [-0.4, -0.2) is 64.7 Å². The van der Waals surface area contributed by atoms with Crippen LogP contribution in [0.15, 0.2) is 42.0 Å². The van der Waals surface area contributed by atoms with Crippen molar-refractivity contribution in [1.29, 1.82) is 0 Å². The first-order valence-electron chi connectivity index (χ1n) is 10.2. The van der Waals surface area contributed by atoms with Crippen molar-refractivity contribution in [1.82, 2.24) is 19.9 Å². The van der Waals surface area contributed by atoms with Crippen molar-refractivity contribution < 1.29 is 23.8 Å². The molecule has 0 unspecified atom stereocenters. The minimum absolute atomic E-state index is 0.0473. The Labute approximate surface area is 189 Å². The molecular formula is C22H24N4O5S. The van der Waals surface area contributed by atoms with E-state index in [1.165, 1.54) is 30.4 Å². The van der Waals surface area contributed by atoms with Gasteiger partial charge in [-0.3, -0.25) is 4.79 Å². The maximum atomic E-state index is 13.4. The largest absolute Gasteiger partial charge is 0.496 e. The Morgan fingerprint density at radius 2 is 1.84 bits per heavy atom. The number of benzene rings is 1. The standard InChI is InChI=1S/C22H24N4O5S/c1-14-7-8-15(31-18-6-4-5-17(29-2)19(18)22(28)30-3)13-25(14)20(27)16-9-12-32-21(16)26-23-10-11-24-26/h4-6,9-12,14-15H,7-8,13H2,1-3H3/t14-,15-/m1/s1. The molecule has 0 bridgehead atoms. The highest BCUT2D eigenvalue weighted by Crippen LogP contribution is 2.32. The number of methoxy groups -OCH3 is 2. The van der Waals surface area contributed by atoms with Crippen molar-refractivity contribution >= 4 is 23.2 Å². The van der Waals surface area contributed by atoms with Gasteiger partial charge in [0.2, 0.25) is 0 Å². The lowest BCUT2D eigenvalue weighted by Crippen LogP contribution is -2.49. The van der Waals surface area contributed by atoms with Crippen LogP contribution in [0.3, 0.4) is 0 Å². The molecule has 0 spiro atoms. The Hall–Kier alpha value is -3.40. The lowest BCUT2D eigenvalue weighted by molar-refractivity contribution is 0.0370. The molecule has 1 aromatic carbocycles. The van der Waals surface area contributed by atoms with Crippen molar-refractivity contribution in [3.63, 3.8) is 0 Å². The van der Waals surface area contributed by atoms with E-state index in [1.54, 1.807) is 41.6 Å². The van der Waals surface area contributed by atoms with Gasteiger partial charge in [-0.15, -0.1) is 16.1 Å². The fourth-order valence-corrected chi connectivity index (χ4v) is 4.61. The van der Waals surface area contributed by atoms with Crippen LogP contribution in [0.2, 0.25) is 0 Å². The summed E-state index contributed by atoms with van der Waals surface area (Å²) < 4.78 is 16.4. The van der Waals surface area contributed by atoms with Crippen LogP contribution in [0, 0.1) is 0 Å². The molecule has 1 amide bonds. The quantitative estimate of drug-likeness (QED) is 0.526. The number of rotatable bonds is 6. The Morgan fingerprint density at radius 3 is 2.56 bits per heavy atom. The second-order valence-corrected chi connectivity index (χ2v) is 8.30. The number of carbonyl (C=O) groups excluding carboxylic acids is 2. The first-order valence-corrected chi connectivity index (χ1v) is 11.1. The highest BCUT2D eigenvalue weighted by molar-refractivity contribution is 7.12. The van der Waals surface area contributed by atoms with Gasteiger partial charge in [-0.1, -0.05) is 6.07 Å². The number of likely N-dealkylation sites (tertiary alicyclic amines) is 1. The third-order valence-electron chi connectivity index (χ3n) is 5.47. The van der Waals surface area contributed by atoms with Crippen molar-refractivity contribution in [3.8, 4) is 16.5 Å². The molecule has 10 heteroatoms. The molecule has 0 N–H and O–H groups in total. The number of esters is 1. The van der Waals surface area contributed by atoms with Crippen molar-refractivity contribution in [2.24, 2.45) is 0 Å². The third kappa shape index (κ3) is 4.18. The molecule has 4 rings (SSSR count). The van der Waals surface area contributed by atoms with Gasteiger partial charge in [0.15, 0.2) is 5.00 Å². The van der Waals surface area contributed by atoms with Crippen LogP contribution in [0.4, 0.5) is 0 Å². The molecule has 1 saturated heterocycles. The van der Waals surface area contributed by atoms with Gasteiger partial charge in [0, 0.05) is 6.04 Å². The Bertz CT molecular complexity index is 1100. The van der Waals surface area contributed by atoms with Crippen LogP contribution in [0.1, 0.15) is 40.5 Å². The number of amides is 1. The third-order valence-corrected chi connectivity index (χ3v) is 6.34. The summed E-state index contributed by atoms with van der Waals surface area (Å²) in [6.45, 7) is 2.41. The van der Waals surface area contributed by atoms with E-state index in [1.807, 2.05) is 12.3 Å². The number of ether oxygens (including phenoxy) is 3. The zero-order valence-electron chi connectivity index (χ0n) is 18.1. The summed E-state index contributed by atoms with van der Waals surface area (Å²) in [5.74, 6) is 0.114. The average molecular weight is 457 g/mol.